The fourth-order valence-corrected chi connectivity index (χ4v) is 4.86. The van der Waals surface area contributed by atoms with Gasteiger partial charge in [0.1, 0.15) is 7.05 Å². The van der Waals surface area contributed by atoms with E-state index in [4.69, 9.17) is 4.11 Å². The van der Waals surface area contributed by atoms with Crippen molar-refractivity contribution in [2.75, 3.05) is 7.05 Å². The number of hydrogen-bond donors (Lipinski definition) is 0. The molecule has 0 radical (unpaired) electrons. The van der Waals surface area contributed by atoms with E-state index in [0.29, 0.717) is 5.70 Å². The zero-order valence-corrected chi connectivity index (χ0v) is 16.6. The van der Waals surface area contributed by atoms with Crippen molar-refractivity contribution in [2.24, 2.45) is 7.05 Å². The first-order valence-electron chi connectivity index (χ1n) is 12.2. The molecule has 1 saturated carbocycles. The number of fused-ring (bicyclic) bond motifs is 2. The molecule has 140 valence electrons. The lowest BCUT2D eigenvalue weighted by Crippen LogP contribution is -2.62. The van der Waals surface area contributed by atoms with E-state index in [1.165, 1.54) is 0 Å². The highest BCUT2D eigenvalue weighted by molar-refractivity contribution is 6.82. The lowest BCUT2D eigenvalue weighted by molar-refractivity contribution is -0.627. The summed E-state index contributed by atoms with van der Waals surface area (Å²) in [5.74, 6) is 1.56. The number of aromatic nitrogens is 1. The highest BCUT2D eigenvalue weighted by Gasteiger charge is 2.34. The quantitative estimate of drug-likeness (QED) is 0.496. The minimum absolute atomic E-state index is 0.237. The average Bonchev–Trinajstić information content (AvgIpc) is 3.20. The average molecular weight is 371 g/mol. The Bertz CT molecular complexity index is 1330. The Kier molecular flexibility index (Phi) is 3.31. The summed E-state index contributed by atoms with van der Waals surface area (Å²) in [6.07, 6.45) is 3.88. The number of pyridine rings is 1. The molecular formula is C25H28BN2+. The highest BCUT2D eigenvalue weighted by Crippen LogP contribution is 2.36. The molecule has 0 spiro atoms. The van der Waals surface area contributed by atoms with E-state index in [-0.39, 0.29) is 6.85 Å². The fourth-order valence-electron chi connectivity index (χ4n) is 4.86. The third-order valence-electron chi connectivity index (χ3n) is 6.45. The molecule has 28 heavy (non-hydrogen) atoms. The minimum Gasteiger partial charge on any atom is -0.408 e. The summed E-state index contributed by atoms with van der Waals surface area (Å²) in [5.41, 5.74) is 3.53. The van der Waals surface area contributed by atoms with Crippen LogP contribution >= 0.6 is 0 Å². The van der Waals surface area contributed by atoms with Gasteiger partial charge in [0.25, 0.3) is 0 Å². The van der Waals surface area contributed by atoms with E-state index >= 15 is 0 Å². The minimum atomic E-state index is -2.22. The molecule has 2 heterocycles. The second-order valence-electron chi connectivity index (χ2n) is 8.03. The van der Waals surface area contributed by atoms with Crippen LogP contribution in [0.15, 0.2) is 54.6 Å². The van der Waals surface area contributed by atoms with Gasteiger partial charge in [0.2, 0.25) is 5.52 Å². The Morgan fingerprint density at radius 3 is 2.68 bits per heavy atom. The summed E-state index contributed by atoms with van der Waals surface area (Å²) < 4.78 is 36.1. The first-order chi connectivity index (χ1) is 15.2. The molecule has 1 fully saturated rings. The third-order valence-corrected chi connectivity index (χ3v) is 6.45. The Balaban J connectivity index is 1.79. The molecule has 0 N–H and O–H groups in total. The predicted molar refractivity (Wildman–Crippen MR) is 119 cm³/mol. The van der Waals surface area contributed by atoms with Gasteiger partial charge in [-0.05, 0) is 54.7 Å². The second kappa shape index (κ2) is 6.81. The van der Waals surface area contributed by atoms with Gasteiger partial charge in [0.05, 0.1) is 0 Å². The van der Waals surface area contributed by atoms with Crippen LogP contribution in [0.1, 0.15) is 49.5 Å². The lowest BCUT2D eigenvalue weighted by Gasteiger charge is -2.28. The maximum absolute atomic E-state index is 9.26. The van der Waals surface area contributed by atoms with E-state index in [0.717, 1.165) is 58.2 Å². The monoisotopic (exact) mass is 371 g/mol. The topological polar surface area (TPSA) is 7.12 Å². The maximum Gasteiger partial charge on any atom is 0.396 e. The van der Waals surface area contributed by atoms with Crippen LogP contribution in [0.4, 0.5) is 0 Å². The van der Waals surface area contributed by atoms with E-state index in [1.54, 1.807) is 0 Å². The van der Waals surface area contributed by atoms with E-state index < -0.39 is 12.7 Å². The molecule has 0 amide bonds. The van der Waals surface area contributed by atoms with Crippen molar-refractivity contribution in [3.63, 3.8) is 0 Å². The normalized spacial score (nSPS) is 20.9. The summed E-state index contributed by atoms with van der Waals surface area (Å²) in [4.78, 5) is 1.90. The van der Waals surface area contributed by atoms with Gasteiger partial charge in [-0.2, -0.15) is 0 Å². The summed E-state index contributed by atoms with van der Waals surface area (Å²) >= 11 is 0. The third kappa shape index (κ3) is 2.68. The molecule has 5 rings (SSSR count). The number of aryl methyl sites for hydroxylation is 1. The van der Waals surface area contributed by atoms with Gasteiger partial charge in [-0.1, -0.05) is 55.2 Å². The van der Waals surface area contributed by atoms with Gasteiger partial charge in [-0.25, -0.2) is 4.57 Å². The molecule has 3 heteroatoms. The van der Waals surface area contributed by atoms with Gasteiger partial charge in [0.15, 0.2) is 5.59 Å². The van der Waals surface area contributed by atoms with E-state index in [2.05, 4.69) is 28.7 Å². The molecule has 2 aromatic carbocycles. The van der Waals surface area contributed by atoms with Crippen molar-refractivity contribution in [2.45, 2.75) is 38.4 Å². The summed E-state index contributed by atoms with van der Waals surface area (Å²) in [5, 5.41) is 2.83. The molecule has 0 atom stereocenters. The zero-order chi connectivity index (χ0) is 22.7. The number of para-hydroxylation sites is 1. The lowest BCUT2D eigenvalue weighted by atomic mass is 9.54. The predicted octanol–water partition coefficient (Wildman–Crippen LogP) is 2.61. The molecular weight excluding hydrogens is 339 g/mol. The number of rotatable bonds is 2. The molecule has 0 saturated heterocycles. The number of nitrogens with zero attached hydrogens (tertiary/aromatic N) is 2. The van der Waals surface area contributed by atoms with E-state index in [9.17, 15) is 1.37 Å². The number of benzene rings is 2. The molecule has 1 aliphatic carbocycles. The van der Waals surface area contributed by atoms with Crippen LogP contribution < -0.4 is 20.6 Å². The Labute approximate surface area is 173 Å². The van der Waals surface area contributed by atoms with Gasteiger partial charge in [0, 0.05) is 28.7 Å². The smallest absolute Gasteiger partial charge is 0.396 e. The molecule has 3 aromatic rings. The Hall–Kier alpha value is -2.55. The van der Waals surface area contributed by atoms with Crippen molar-refractivity contribution in [3.05, 3.63) is 70.6 Å². The first kappa shape index (κ1) is 13.6. The molecule has 0 bridgehead atoms. The van der Waals surface area contributed by atoms with Crippen molar-refractivity contribution >= 4 is 35.0 Å². The van der Waals surface area contributed by atoms with Gasteiger partial charge in [-0.3, -0.25) is 0 Å². The van der Waals surface area contributed by atoms with Crippen molar-refractivity contribution in [3.8, 4) is 0 Å². The fraction of sp³-hybridized carbons (Fsp3) is 0.320. The zero-order valence-electron chi connectivity index (χ0n) is 20.6. The summed E-state index contributed by atoms with van der Waals surface area (Å²) in [6.45, 7) is -2.46. The van der Waals surface area contributed by atoms with Crippen LogP contribution in [-0.2, 0) is 7.05 Å². The molecule has 1 aromatic heterocycles. The van der Waals surface area contributed by atoms with Gasteiger partial charge >= 0.3 is 6.85 Å². The van der Waals surface area contributed by atoms with Crippen molar-refractivity contribution < 1.29 is 10.1 Å². The van der Waals surface area contributed by atoms with Crippen molar-refractivity contribution in [1.29, 1.82) is 0 Å². The van der Waals surface area contributed by atoms with Crippen LogP contribution in [0.5, 0.6) is 0 Å². The maximum atomic E-state index is 9.26. The standard InChI is InChI=1S/C25H28BN2/c1-18-21-13-7-6-12-20(21)17-26(28(18)3)25-16-23(19-10-4-5-11-19)22-14-8-9-15-24(22)27(25)2/h6-9,12-17,19H,4-5,10-11H2,1-3H3/q+1/i1D3,19D. The van der Waals surface area contributed by atoms with Crippen molar-refractivity contribution in [1.82, 2.24) is 4.81 Å². The first-order valence-corrected chi connectivity index (χ1v) is 10.2. The van der Waals surface area contributed by atoms with Gasteiger partial charge in [-0.15, -0.1) is 0 Å². The molecule has 0 unspecified atom stereocenters. The largest absolute Gasteiger partial charge is 0.408 e. The summed E-state index contributed by atoms with van der Waals surface area (Å²) in [6, 6.07) is 18.2. The van der Waals surface area contributed by atoms with Crippen LogP contribution in [0.2, 0.25) is 0 Å². The van der Waals surface area contributed by atoms with Gasteiger partial charge < -0.3 is 4.81 Å². The van der Waals surface area contributed by atoms with Crippen LogP contribution in [-0.4, -0.2) is 18.7 Å². The molecule has 2 nitrogen and oxygen atoms in total. The second-order valence-corrected chi connectivity index (χ2v) is 8.03. The van der Waals surface area contributed by atoms with Crippen LogP contribution in [0.25, 0.3) is 22.6 Å². The number of hydrogen-bond acceptors (Lipinski definition) is 1. The Morgan fingerprint density at radius 2 is 1.86 bits per heavy atom. The SMILES string of the molecule is [2H]C([2H])([2H])C1=c2ccccc2=CB(c2cc(C3([2H])CCCC3)c3ccccc3[n+]2C)N1C. The van der Waals surface area contributed by atoms with E-state index in [1.807, 2.05) is 55.3 Å². The highest BCUT2D eigenvalue weighted by atomic mass is 15.1. The van der Waals surface area contributed by atoms with Crippen LogP contribution in [0.3, 0.4) is 0 Å². The van der Waals surface area contributed by atoms with Crippen LogP contribution in [0, 0.1) is 0 Å². The molecule has 2 aliphatic rings. The Morgan fingerprint density at radius 1 is 1.11 bits per heavy atom. The molecule has 1 aliphatic heterocycles. The summed E-state index contributed by atoms with van der Waals surface area (Å²) in [7, 11) is 3.92.